The summed E-state index contributed by atoms with van der Waals surface area (Å²) in [7, 11) is 0. The molecule has 1 aromatic rings. The highest BCUT2D eigenvalue weighted by Crippen LogP contribution is 2.19. The van der Waals surface area contributed by atoms with Gasteiger partial charge >= 0.3 is 5.97 Å². The van der Waals surface area contributed by atoms with Crippen molar-refractivity contribution in [2.45, 2.75) is 26.4 Å². The number of esters is 1. The van der Waals surface area contributed by atoms with Crippen LogP contribution in [-0.4, -0.2) is 30.3 Å². The van der Waals surface area contributed by atoms with Gasteiger partial charge in [0.2, 0.25) is 0 Å². The maximum Gasteiger partial charge on any atom is 0.308 e. The molecule has 0 aliphatic carbocycles. The molecule has 1 unspecified atom stereocenters. The first-order valence-electron chi connectivity index (χ1n) is 5.86. The molecule has 100 valence electrons. The monoisotopic (exact) mass is 271 g/mol. The van der Waals surface area contributed by atoms with E-state index < -0.39 is 6.10 Å². The minimum Gasteiger partial charge on any atom is -0.466 e. The van der Waals surface area contributed by atoms with E-state index in [1.54, 1.807) is 13.0 Å². The molecule has 0 radical (unpaired) electrons. The molecule has 0 saturated carbocycles. The molecule has 0 saturated heterocycles. The Labute approximate surface area is 112 Å². The van der Waals surface area contributed by atoms with E-state index in [0.717, 1.165) is 11.3 Å². The van der Waals surface area contributed by atoms with Crippen LogP contribution >= 0.6 is 11.6 Å². The Balaban J connectivity index is 2.42. The third-order valence-corrected chi connectivity index (χ3v) is 2.66. The smallest absolute Gasteiger partial charge is 0.308 e. The Morgan fingerprint density at radius 3 is 2.89 bits per heavy atom. The van der Waals surface area contributed by atoms with Crippen LogP contribution < -0.4 is 5.32 Å². The first-order chi connectivity index (χ1) is 8.52. The van der Waals surface area contributed by atoms with E-state index in [1.165, 1.54) is 0 Å². The number of rotatable bonds is 6. The number of aryl methyl sites for hydroxylation is 1. The van der Waals surface area contributed by atoms with Crippen molar-refractivity contribution in [3.63, 3.8) is 0 Å². The summed E-state index contributed by atoms with van der Waals surface area (Å²) in [6, 6.07) is 5.45. The maximum atomic E-state index is 11.1. The number of carbonyl (C=O) groups excluding carboxylic acids is 1. The minimum absolute atomic E-state index is 0.00647. The molecule has 0 aliphatic heterocycles. The molecule has 18 heavy (non-hydrogen) atoms. The summed E-state index contributed by atoms with van der Waals surface area (Å²) in [4.78, 5) is 11.1. The predicted octanol–water partition coefficient (Wildman–Crippen LogP) is 2.37. The fraction of sp³-hybridized carbons (Fsp3) is 0.462. The molecule has 1 atom stereocenters. The molecule has 5 heteroatoms. The van der Waals surface area contributed by atoms with Crippen LogP contribution in [-0.2, 0) is 9.53 Å². The summed E-state index contributed by atoms with van der Waals surface area (Å²) in [5.74, 6) is -0.389. The van der Waals surface area contributed by atoms with Gasteiger partial charge in [-0.15, -0.1) is 0 Å². The molecule has 0 heterocycles. The lowest BCUT2D eigenvalue weighted by Gasteiger charge is -2.14. The van der Waals surface area contributed by atoms with Crippen LogP contribution in [0.4, 0.5) is 5.69 Å². The van der Waals surface area contributed by atoms with Gasteiger partial charge in [0, 0.05) is 17.3 Å². The Hall–Kier alpha value is -1.26. The van der Waals surface area contributed by atoms with Crippen LogP contribution in [0.25, 0.3) is 0 Å². The molecular weight excluding hydrogens is 254 g/mol. The number of aliphatic hydroxyl groups is 1. The van der Waals surface area contributed by atoms with Crippen molar-refractivity contribution in [3.8, 4) is 0 Å². The molecule has 2 N–H and O–H groups in total. The normalized spacial score (nSPS) is 12.0. The van der Waals surface area contributed by atoms with Gasteiger partial charge in [-0.25, -0.2) is 0 Å². The number of aliphatic hydroxyl groups excluding tert-OH is 1. The zero-order chi connectivity index (χ0) is 13.5. The number of ether oxygens (including phenoxy) is 1. The molecule has 1 rings (SSSR count). The number of hydrogen-bond donors (Lipinski definition) is 2. The second kappa shape index (κ2) is 7.24. The summed E-state index contributed by atoms with van der Waals surface area (Å²) in [6.45, 7) is 4.28. The topological polar surface area (TPSA) is 58.6 Å². The molecule has 0 aromatic heterocycles. The lowest BCUT2D eigenvalue weighted by atomic mass is 10.2. The van der Waals surface area contributed by atoms with Crippen molar-refractivity contribution in [3.05, 3.63) is 28.8 Å². The fourth-order valence-corrected chi connectivity index (χ4v) is 1.76. The number of carbonyl (C=O) groups is 1. The maximum absolute atomic E-state index is 11.1. The Morgan fingerprint density at radius 2 is 2.28 bits per heavy atom. The van der Waals surface area contributed by atoms with Gasteiger partial charge in [-0.3, -0.25) is 4.79 Å². The third-order valence-electron chi connectivity index (χ3n) is 2.42. The SMILES string of the molecule is CCOC(=O)CC(O)CNc1ccc(Cl)cc1C. The van der Waals surface area contributed by atoms with Crippen LogP contribution in [0.1, 0.15) is 18.9 Å². The molecule has 1 aromatic carbocycles. The second-order valence-corrected chi connectivity index (χ2v) is 4.44. The largest absolute Gasteiger partial charge is 0.466 e. The van der Waals surface area contributed by atoms with E-state index in [0.29, 0.717) is 18.2 Å². The van der Waals surface area contributed by atoms with Crippen LogP contribution in [0, 0.1) is 6.92 Å². The number of hydrogen-bond acceptors (Lipinski definition) is 4. The van der Waals surface area contributed by atoms with Crippen molar-refractivity contribution in [1.29, 1.82) is 0 Å². The average molecular weight is 272 g/mol. The Morgan fingerprint density at radius 1 is 1.56 bits per heavy atom. The minimum atomic E-state index is -0.765. The standard InChI is InChI=1S/C13H18ClNO3/c1-3-18-13(17)7-11(16)8-15-12-5-4-10(14)6-9(12)2/h4-6,11,15-16H,3,7-8H2,1-2H3. The quantitative estimate of drug-likeness (QED) is 0.780. The van der Waals surface area contributed by atoms with Crippen molar-refractivity contribution < 1.29 is 14.6 Å². The highest BCUT2D eigenvalue weighted by atomic mass is 35.5. The number of nitrogens with one attached hydrogen (secondary N) is 1. The zero-order valence-corrected chi connectivity index (χ0v) is 11.3. The van der Waals surface area contributed by atoms with Crippen LogP contribution in [0.5, 0.6) is 0 Å². The van der Waals surface area contributed by atoms with Crippen LogP contribution in [0.2, 0.25) is 5.02 Å². The number of anilines is 1. The van der Waals surface area contributed by atoms with Crippen LogP contribution in [0.3, 0.4) is 0 Å². The second-order valence-electron chi connectivity index (χ2n) is 4.00. The molecular formula is C13H18ClNO3. The Kier molecular flexibility index (Phi) is 5.95. The van der Waals surface area contributed by atoms with Gasteiger partial charge < -0.3 is 15.2 Å². The van der Waals surface area contributed by atoms with E-state index in [1.807, 2.05) is 19.1 Å². The zero-order valence-electron chi connectivity index (χ0n) is 10.6. The van der Waals surface area contributed by atoms with E-state index >= 15 is 0 Å². The van der Waals surface area contributed by atoms with Gasteiger partial charge in [0.25, 0.3) is 0 Å². The van der Waals surface area contributed by atoms with Crippen molar-refractivity contribution >= 4 is 23.3 Å². The lowest BCUT2D eigenvalue weighted by molar-refractivity contribution is -0.145. The van der Waals surface area contributed by atoms with E-state index in [2.05, 4.69) is 5.32 Å². The molecule has 4 nitrogen and oxygen atoms in total. The molecule has 0 aliphatic rings. The lowest BCUT2D eigenvalue weighted by Crippen LogP contribution is -2.24. The van der Waals surface area contributed by atoms with Gasteiger partial charge in [-0.2, -0.15) is 0 Å². The first-order valence-corrected chi connectivity index (χ1v) is 6.24. The third kappa shape index (κ3) is 4.94. The highest BCUT2D eigenvalue weighted by molar-refractivity contribution is 6.30. The van der Waals surface area contributed by atoms with Crippen molar-refractivity contribution in [2.75, 3.05) is 18.5 Å². The van der Waals surface area contributed by atoms with E-state index in [-0.39, 0.29) is 12.4 Å². The fourth-order valence-electron chi connectivity index (χ4n) is 1.54. The summed E-state index contributed by atoms with van der Waals surface area (Å²) >= 11 is 5.84. The summed E-state index contributed by atoms with van der Waals surface area (Å²) < 4.78 is 4.76. The molecule has 0 fully saturated rings. The van der Waals surface area contributed by atoms with Gasteiger partial charge in [0.05, 0.1) is 19.1 Å². The predicted molar refractivity (Wildman–Crippen MR) is 71.9 cm³/mol. The molecule has 0 spiro atoms. The average Bonchev–Trinajstić information content (AvgIpc) is 2.28. The van der Waals surface area contributed by atoms with Crippen molar-refractivity contribution in [2.24, 2.45) is 0 Å². The van der Waals surface area contributed by atoms with Gasteiger partial charge in [0.15, 0.2) is 0 Å². The van der Waals surface area contributed by atoms with Gasteiger partial charge in [-0.1, -0.05) is 11.6 Å². The van der Waals surface area contributed by atoms with Gasteiger partial charge in [-0.05, 0) is 37.6 Å². The van der Waals surface area contributed by atoms with Gasteiger partial charge in [0.1, 0.15) is 0 Å². The van der Waals surface area contributed by atoms with Crippen LogP contribution in [0.15, 0.2) is 18.2 Å². The highest BCUT2D eigenvalue weighted by Gasteiger charge is 2.11. The number of halogens is 1. The summed E-state index contributed by atoms with van der Waals surface area (Å²) in [5, 5.41) is 13.4. The number of benzene rings is 1. The van der Waals surface area contributed by atoms with Crippen molar-refractivity contribution in [1.82, 2.24) is 0 Å². The summed E-state index contributed by atoms with van der Waals surface area (Å²) in [5.41, 5.74) is 1.88. The van der Waals surface area contributed by atoms with E-state index in [4.69, 9.17) is 16.3 Å². The van der Waals surface area contributed by atoms with E-state index in [9.17, 15) is 9.90 Å². The first kappa shape index (κ1) is 14.8. The Bertz CT molecular complexity index is 409. The molecule has 0 amide bonds. The summed E-state index contributed by atoms with van der Waals surface area (Å²) in [6.07, 6.45) is -0.771. The molecule has 0 bridgehead atoms.